The second kappa shape index (κ2) is 6.04. The van der Waals surface area contributed by atoms with Crippen LogP contribution in [-0.4, -0.2) is 32.1 Å². The van der Waals surface area contributed by atoms with E-state index >= 15 is 0 Å². The van der Waals surface area contributed by atoms with Gasteiger partial charge in [-0.3, -0.25) is 14.6 Å². The van der Waals surface area contributed by atoms with E-state index in [1.165, 1.54) is 4.68 Å². The quantitative estimate of drug-likeness (QED) is 0.565. The Morgan fingerprint density at radius 3 is 2.86 bits per heavy atom. The van der Waals surface area contributed by atoms with Crippen molar-refractivity contribution in [2.45, 2.75) is 0 Å². The van der Waals surface area contributed by atoms with E-state index in [0.29, 0.717) is 5.69 Å². The largest absolute Gasteiger partial charge is 0.289 e. The Morgan fingerprint density at radius 1 is 1.32 bits per heavy atom. The van der Waals surface area contributed by atoms with Crippen molar-refractivity contribution < 1.29 is 4.79 Å². The number of carbonyl (C=O) groups excluding carboxylic acids is 1. The number of hydrazone groups is 1. The number of H-pyrrole nitrogens is 1. The molecule has 0 aliphatic heterocycles. The van der Waals surface area contributed by atoms with Crippen LogP contribution < -0.4 is 5.43 Å². The summed E-state index contributed by atoms with van der Waals surface area (Å²) in [7, 11) is 1.70. The lowest BCUT2D eigenvalue weighted by molar-refractivity contribution is 0.0945. The summed E-state index contributed by atoms with van der Waals surface area (Å²) >= 11 is 0. The number of amides is 1. The number of hydrogen-bond acceptors (Lipinski definition) is 4. The minimum absolute atomic E-state index is 0.319. The molecule has 0 aliphatic rings. The first-order valence-corrected chi connectivity index (χ1v) is 6.66. The molecular formula is C15H14N6O. The molecule has 1 amide bonds. The topological polar surface area (TPSA) is 88.0 Å². The van der Waals surface area contributed by atoms with Crippen LogP contribution in [0.4, 0.5) is 0 Å². The number of hydrogen-bond donors (Lipinski definition) is 2. The summed E-state index contributed by atoms with van der Waals surface area (Å²) in [5.74, 6) is -0.319. The Labute approximate surface area is 126 Å². The predicted molar refractivity (Wildman–Crippen MR) is 82.3 cm³/mol. The highest BCUT2D eigenvalue weighted by molar-refractivity contribution is 5.94. The zero-order valence-electron chi connectivity index (χ0n) is 11.9. The Morgan fingerprint density at radius 2 is 2.14 bits per heavy atom. The van der Waals surface area contributed by atoms with Crippen LogP contribution in [0, 0.1) is 0 Å². The van der Waals surface area contributed by atoms with Crippen LogP contribution in [0.3, 0.4) is 0 Å². The zero-order valence-corrected chi connectivity index (χ0v) is 11.9. The molecule has 0 radical (unpaired) electrons. The van der Waals surface area contributed by atoms with Crippen molar-refractivity contribution in [1.82, 2.24) is 25.4 Å². The number of benzene rings is 1. The van der Waals surface area contributed by atoms with Gasteiger partial charge in [-0.1, -0.05) is 30.3 Å². The molecule has 0 aliphatic carbocycles. The first-order valence-electron chi connectivity index (χ1n) is 6.66. The average molecular weight is 294 g/mol. The van der Waals surface area contributed by atoms with Gasteiger partial charge in [0, 0.05) is 24.4 Å². The lowest BCUT2D eigenvalue weighted by atomic mass is 10.1. The molecule has 2 aromatic heterocycles. The number of rotatable bonds is 4. The highest BCUT2D eigenvalue weighted by Gasteiger charge is 2.09. The van der Waals surface area contributed by atoms with Crippen LogP contribution in [0.15, 0.2) is 53.9 Å². The van der Waals surface area contributed by atoms with E-state index in [0.717, 1.165) is 16.8 Å². The standard InChI is InChI=1S/C15H14N6O/c1-21-13(7-8-18-21)15(22)20-17-10-12-9-16-19-14(12)11-5-3-2-4-6-11/h2-10H,1H3,(H,16,19)(H,20,22)/b17-10+. The van der Waals surface area contributed by atoms with Crippen molar-refractivity contribution in [1.29, 1.82) is 0 Å². The Bertz CT molecular complexity index is 802. The van der Waals surface area contributed by atoms with Crippen molar-refractivity contribution in [3.63, 3.8) is 0 Å². The van der Waals surface area contributed by atoms with Gasteiger partial charge in [0.2, 0.25) is 0 Å². The highest BCUT2D eigenvalue weighted by Crippen LogP contribution is 2.18. The maximum absolute atomic E-state index is 11.9. The molecule has 1 aromatic carbocycles. The van der Waals surface area contributed by atoms with E-state index in [9.17, 15) is 4.79 Å². The molecular weight excluding hydrogens is 280 g/mol. The van der Waals surface area contributed by atoms with Gasteiger partial charge in [-0.15, -0.1) is 0 Å². The van der Waals surface area contributed by atoms with E-state index in [2.05, 4.69) is 25.8 Å². The fourth-order valence-electron chi connectivity index (χ4n) is 2.04. The van der Waals surface area contributed by atoms with Crippen molar-refractivity contribution in [2.24, 2.45) is 12.1 Å². The van der Waals surface area contributed by atoms with Crippen molar-refractivity contribution in [3.05, 3.63) is 60.0 Å². The van der Waals surface area contributed by atoms with Gasteiger partial charge in [-0.2, -0.15) is 15.3 Å². The third-order valence-corrected chi connectivity index (χ3v) is 3.15. The van der Waals surface area contributed by atoms with E-state index in [4.69, 9.17) is 0 Å². The number of aromatic amines is 1. The number of carbonyl (C=O) groups is 1. The van der Waals surface area contributed by atoms with Gasteiger partial charge < -0.3 is 0 Å². The van der Waals surface area contributed by atoms with Crippen LogP contribution >= 0.6 is 0 Å². The van der Waals surface area contributed by atoms with Crippen LogP contribution in [0.1, 0.15) is 16.1 Å². The van der Waals surface area contributed by atoms with Crippen LogP contribution in [-0.2, 0) is 7.05 Å². The van der Waals surface area contributed by atoms with Crippen molar-refractivity contribution in [3.8, 4) is 11.3 Å². The molecule has 0 bridgehead atoms. The van der Waals surface area contributed by atoms with E-state index < -0.39 is 0 Å². The summed E-state index contributed by atoms with van der Waals surface area (Å²) in [5, 5.41) is 14.9. The zero-order chi connectivity index (χ0) is 15.4. The summed E-state index contributed by atoms with van der Waals surface area (Å²) in [6.45, 7) is 0. The molecule has 110 valence electrons. The Kier molecular flexibility index (Phi) is 3.78. The number of nitrogens with one attached hydrogen (secondary N) is 2. The minimum atomic E-state index is -0.319. The maximum Gasteiger partial charge on any atom is 0.289 e. The molecule has 7 nitrogen and oxygen atoms in total. The molecule has 2 N–H and O–H groups in total. The Hall–Kier alpha value is -3.22. The fourth-order valence-corrected chi connectivity index (χ4v) is 2.04. The monoisotopic (exact) mass is 294 g/mol. The Balaban J connectivity index is 1.73. The molecule has 0 saturated carbocycles. The SMILES string of the molecule is Cn1nccc1C(=O)N/N=C/c1cn[nH]c1-c1ccccc1. The summed E-state index contributed by atoms with van der Waals surface area (Å²) in [6.07, 6.45) is 4.77. The third-order valence-electron chi connectivity index (χ3n) is 3.15. The van der Waals surface area contributed by atoms with Crippen LogP contribution in [0.25, 0.3) is 11.3 Å². The molecule has 0 unspecified atom stereocenters. The molecule has 2 heterocycles. The normalized spacial score (nSPS) is 11.0. The summed E-state index contributed by atoms with van der Waals surface area (Å²) in [4.78, 5) is 11.9. The first kappa shape index (κ1) is 13.7. The number of aryl methyl sites for hydroxylation is 1. The number of nitrogens with zero attached hydrogens (tertiary/aromatic N) is 4. The van der Waals surface area contributed by atoms with Gasteiger partial charge in [-0.05, 0) is 6.07 Å². The minimum Gasteiger partial charge on any atom is -0.277 e. The molecule has 0 atom stereocenters. The van der Waals surface area contributed by atoms with Crippen LogP contribution in [0.5, 0.6) is 0 Å². The summed E-state index contributed by atoms with van der Waals surface area (Å²) in [6, 6.07) is 11.4. The lowest BCUT2D eigenvalue weighted by Gasteiger charge is -2.00. The van der Waals surface area contributed by atoms with Gasteiger partial charge in [-0.25, -0.2) is 5.43 Å². The third kappa shape index (κ3) is 2.78. The molecule has 0 spiro atoms. The average Bonchev–Trinajstić information content (AvgIpc) is 3.17. The second-order valence-corrected chi connectivity index (χ2v) is 4.61. The summed E-state index contributed by atoms with van der Waals surface area (Å²) in [5.41, 5.74) is 5.54. The predicted octanol–water partition coefficient (Wildman–Crippen LogP) is 1.57. The fraction of sp³-hybridized carbons (Fsp3) is 0.0667. The molecule has 3 aromatic rings. The van der Waals surface area contributed by atoms with Gasteiger partial charge in [0.05, 0.1) is 18.1 Å². The van der Waals surface area contributed by atoms with Crippen molar-refractivity contribution in [2.75, 3.05) is 0 Å². The maximum atomic E-state index is 11.9. The van der Waals surface area contributed by atoms with Gasteiger partial charge in [0.15, 0.2) is 0 Å². The number of aromatic nitrogens is 4. The van der Waals surface area contributed by atoms with Gasteiger partial charge >= 0.3 is 0 Å². The molecule has 7 heteroatoms. The van der Waals surface area contributed by atoms with Gasteiger partial charge in [0.25, 0.3) is 5.91 Å². The molecule has 0 fully saturated rings. The van der Waals surface area contributed by atoms with E-state index in [-0.39, 0.29) is 5.91 Å². The smallest absolute Gasteiger partial charge is 0.277 e. The molecule has 22 heavy (non-hydrogen) atoms. The van der Waals surface area contributed by atoms with E-state index in [1.807, 2.05) is 30.3 Å². The highest BCUT2D eigenvalue weighted by atomic mass is 16.2. The molecule has 0 saturated heterocycles. The van der Waals surface area contributed by atoms with Crippen LogP contribution in [0.2, 0.25) is 0 Å². The lowest BCUT2D eigenvalue weighted by Crippen LogP contribution is -2.20. The molecule has 3 rings (SSSR count). The second-order valence-electron chi connectivity index (χ2n) is 4.61. The van der Waals surface area contributed by atoms with Gasteiger partial charge in [0.1, 0.15) is 5.69 Å². The first-order chi connectivity index (χ1) is 10.8. The van der Waals surface area contributed by atoms with E-state index in [1.54, 1.807) is 31.7 Å². The van der Waals surface area contributed by atoms with Crippen molar-refractivity contribution >= 4 is 12.1 Å². The summed E-state index contributed by atoms with van der Waals surface area (Å²) < 4.78 is 1.48.